The SMILES string of the molecule is COC(=O)CNC(=O)C(F)(CCc1ccccc1)N(C(=O)OC(C)(C)C)C(=O)OC(C)(C)C. The van der Waals surface area contributed by atoms with Crippen molar-refractivity contribution in [2.45, 2.75) is 71.4 Å². The second kappa shape index (κ2) is 11.1. The van der Waals surface area contributed by atoms with Crippen molar-refractivity contribution in [1.82, 2.24) is 10.2 Å². The molecule has 0 aliphatic carbocycles. The third kappa shape index (κ3) is 9.07. The number of amides is 3. The van der Waals surface area contributed by atoms with E-state index in [1.54, 1.807) is 30.3 Å². The lowest BCUT2D eigenvalue weighted by molar-refractivity contribution is -0.150. The summed E-state index contributed by atoms with van der Waals surface area (Å²) in [7, 11) is 1.10. The topological polar surface area (TPSA) is 111 Å². The van der Waals surface area contributed by atoms with Crippen molar-refractivity contribution < 1.29 is 37.8 Å². The van der Waals surface area contributed by atoms with E-state index in [9.17, 15) is 19.2 Å². The minimum atomic E-state index is -3.23. The van der Waals surface area contributed by atoms with Crippen LogP contribution in [0.15, 0.2) is 30.3 Å². The highest BCUT2D eigenvalue weighted by Gasteiger charge is 2.53. The molecule has 0 heterocycles. The Balaban J connectivity index is 3.43. The molecule has 9 nitrogen and oxygen atoms in total. The summed E-state index contributed by atoms with van der Waals surface area (Å²) in [5, 5.41) is 2.08. The molecule has 0 radical (unpaired) electrons. The zero-order valence-electron chi connectivity index (χ0n) is 20.2. The van der Waals surface area contributed by atoms with Crippen LogP contribution in [0.2, 0.25) is 0 Å². The van der Waals surface area contributed by atoms with Gasteiger partial charge in [0.25, 0.3) is 11.7 Å². The molecular formula is C23H33FN2O7. The number of aryl methyl sites for hydroxylation is 1. The molecule has 33 heavy (non-hydrogen) atoms. The average molecular weight is 469 g/mol. The third-order valence-electron chi connectivity index (χ3n) is 4.06. The molecule has 0 aliphatic rings. The summed E-state index contributed by atoms with van der Waals surface area (Å²) in [6.45, 7) is 8.50. The molecule has 0 fully saturated rings. The fourth-order valence-electron chi connectivity index (χ4n) is 2.62. The lowest BCUT2D eigenvalue weighted by Crippen LogP contribution is -2.62. The lowest BCUT2D eigenvalue weighted by atomic mass is 10.0. The number of methoxy groups -OCH3 is 1. The van der Waals surface area contributed by atoms with E-state index in [2.05, 4.69) is 10.1 Å². The maximum absolute atomic E-state index is 16.5. The Hall–Kier alpha value is -3.17. The normalized spacial score (nSPS) is 13.3. The van der Waals surface area contributed by atoms with Crippen molar-refractivity contribution in [3.63, 3.8) is 0 Å². The van der Waals surface area contributed by atoms with Crippen LogP contribution in [0.25, 0.3) is 0 Å². The van der Waals surface area contributed by atoms with Gasteiger partial charge >= 0.3 is 18.2 Å². The predicted molar refractivity (Wildman–Crippen MR) is 118 cm³/mol. The molecule has 1 aromatic rings. The molecular weight excluding hydrogens is 435 g/mol. The fourth-order valence-corrected chi connectivity index (χ4v) is 2.62. The van der Waals surface area contributed by atoms with Crippen molar-refractivity contribution in [3.05, 3.63) is 35.9 Å². The summed E-state index contributed by atoms with van der Waals surface area (Å²) in [5.74, 6) is -5.45. The van der Waals surface area contributed by atoms with Gasteiger partial charge in [-0.3, -0.25) is 9.59 Å². The van der Waals surface area contributed by atoms with Crippen LogP contribution in [0.3, 0.4) is 0 Å². The molecule has 0 spiro atoms. The summed E-state index contributed by atoms with van der Waals surface area (Å²) < 4.78 is 31.4. The summed E-state index contributed by atoms with van der Waals surface area (Å²) in [6.07, 6.45) is -3.42. The Morgan fingerprint density at radius 2 is 1.39 bits per heavy atom. The summed E-state index contributed by atoms with van der Waals surface area (Å²) in [5.41, 5.74) is -1.53. The van der Waals surface area contributed by atoms with E-state index in [4.69, 9.17) is 9.47 Å². The largest absolute Gasteiger partial charge is 0.468 e. The average Bonchev–Trinajstić information content (AvgIpc) is 2.68. The molecule has 10 heteroatoms. The molecule has 1 aromatic carbocycles. The number of carbonyl (C=O) groups is 4. The number of imide groups is 1. The minimum absolute atomic E-state index is 0.00885. The second-order valence-electron chi connectivity index (χ2n) is 9.30. The molecule has 0 aliphatic heterocycles. The fraction of sp³-hybridized carbons (Fsp3) is 0.565. The summed E-state index contributed by atoms with van der Waals surface area (Å²) in [6, 6.07) is 8.64. The first-order chi connectivity index (χ1) is 15.1. The van der Waals surface area contributed by atoms with Gasteiger partial charge in [0.15, 0.2) is 0 Å². The first-order valence-corrected chi connectivity index (χ1v) is 10.4. The summed E-state index contributed by atoms with van der Waals surface area (Å²) in [4.78, 5) is 50.3. The van der Waals surface area contributed by atoms with Gasteiger partial charge in [-0.1, -0.05) is 30.3 Å². The first kappa shape index (κ1) is 27.9. The van der Waals surface area contributed by atoms with Crippen LogP contribution in [0.1, 0.15) is 53.5 Å². The number of nitrogens with one attached hydrogen (secondary N) is 1. The molecule has 0 saturated heterocycles. The number of esters is 1. The number of nitrogens with zero attached hydrogens (tertiary/aromatic N) is 1. The van der Waals surface area contributed by atoms with Crippen LogP contribution in [0.4, 0.5) is 14.0 Å². The van der Waals surface area contributed by atoms with E-state index in [1.807, 2.05) is 0 Å². The molecule has 184 valence electrons. The number of carbonyl (C=O) groups excluding carboxylic acids is 4. The standard InChI is InChI=1S/C23H33FN2O7/c1-21(2,3)32-19(29)26(20(30)33-22(4,5)6)23(24,18(28)25-15-17(27)31-7)14-13-16-11-9-8-10-12-16/h8-12H,13-15H2,1-7H3,(H,25,28). The van der Waals surface area contributed by atoms with Gasteiger partial charge in [0.05, 0.1) is 7.11 Å². The molecule has 1 atom stereocenters. The Bertz CT molecular complexity index is 819. The smallest absolute Gasteiger partial charge is 0.422 e. The highest BCUT2D eigenvalue weighted by atomic mass is 19.1. The molecule has 3 amide bonds. The number of hydrogen-bond donors (Lipinski definition) is 1. The van der Waals surface area contributed by atoms with E-state index in [0.29, 0.717) is 5.56 Å². The van der Waals surface area contributed by atoms with E-state index in [0.717, 1.165) is 7.11 Å². The van der Waals surface area contributed by atoms with Crippen LogP contribution in [0.5, 0.6) is 0 Å². The van der Waals surface area contributed by atoms with E-state index in [-0.39, 0.29) is 11.3 Å². The van der Waals surface area contributed by atoms with Gasteiger partial charge in [-0.25, -0.2) is 14.0 Å². The molecule has 1 rings (SSSR count). The Morgan fingerprint density at radius 3 is 1.82 bits per heavy atom. The van der Waals surface area contributed by atoms with E-state index < -0.39 is 54.0 Å². The van der Waals surface area contributed by atoms with Gasteiger partial charge in [-0.2, -0.15) is 4.90 Å². The third-order valence-corrected chi connectivity index (χ3v) is 4.06. The van der Waals surface area contributed by atoms with Crippen LogP contribution >= 0.6 is 0 Å². The maximum Gasteiger partial charge on any atom is 0.422 e. The second-order valence-corrected chi connectivity index (χ2v) is 9.30. The first-order valence-electron chi connectivity index (χ1n) is 10.4. The zero-order valence-corrected chi connectivity index (χ0v) is 20.2. The zero-order chi connectivity index (χ0) is 25.4. The predicted octanol–water partition coefficient (Wildman–Crippen LogP) is 3.75. The van der Waals surface area contributed by atoms with Crippen molar-refractivity contribution in [2.75, 3.05) is 13.7 Å². The molecule has 0 saturated carbocycles. The Kier molecular flexibility index (Phi) is 9.38. The van der Waals surface area contributed by atoms with Crippen LogP contribution < -0.4 is 5.32 Å². The lowest BCUT2D eigenvalue weighted by Gasteiger charge is -2.36. The van der Waals surface area contributed by atoms with E-state index >= 15 is 4.39 Å². The van der Waals surface area contributed by atoms with Gasteiger partial charge in [0, 0.05) is 6.42 Å². The van der Waals surface area contributed by atoms with Gasteiger partial charge in [0.2, 0.25) is 0 Å². The Labute approximate surface area is 193 Å². The van der Waals surface area contributed by atoms with Crippen LogP contribution in [-0.4, -0.2) is 59.6 Å². The molecule has 1 N–H and O–H groups in total. The van der Waals surface area contributed by atoms with Crippen molar-refractivity contribution in [1.29, 1.82) is 0 Å². The van der Waals surface area contributed by atoms with Crippen molar-refractivity contribution in [3.8, 4) is 0 Å². The van der Waals surface area contributed by atoms with Gasteiger partial charge in [-0.05, 0) is 53.5 Å². The highest BCUT2D eigenvalue weighted by Crippen LogP contribution is 2.29. The monoisotopic (exact) mass is 468 g/mol. The number of benzene rings is 1. The number of ether oxygens (including phenoxy) is 3. The number of rotatable bonds is 7. The number of halogens is 1. The van der Waals surface area contributed by atoms with Crippen molar-refractivity contribution >= 4 is 24.1 Å². The highest BCUT2D eigenvalue weighted by molar-refractivity contribution is 5.98. The quantitative estimate of drug-likeness (QED) is 0.369. The van der Waals surface area contributed by atoms with Crippen LogP contribution in [0, 0.1) is 0 Å². The van der Waals surface area contributed by atoms with Gasteiger partial charge in [-0.15, -0.1) is 0 Å². The molecule has 1 unspecified atom stereocenters. The van der Waals surface area contributed by atoms with Crippen LogP contribution in [-0.2, 0) is 30.2 Å². The minimum Gasteiger partial charge on any atom is -0.468 e. The number of alkyl halides is 1. The number of hydrogen-bond acceptors (Lipinski definition) is 7. The molecule has 0 aromatic heterocycles. The maximum atomic E-state index is 16.5. The molecule has 0 bridgehead atoms. The van der Waals surface area contributed by atoms with Gasteiger partial charge in [0.1, 0.15) is 17.7 Å². The summed E-state index contributed by atoms with van der Waals surface area (Å²) >= 11 is 0. The van der Waals surface area contributed by atoms with Crippen molar-refractivity contribution in [2.24, 2.45) is 0 Å². The van der Waals surface area contributed by atoms with E-state index in [1.165, 1.54) is 41.5 Å². The Morgan fingerprint density at radius 1 is 0.909 bits per heavy atom. The van der Waals surface area contributed by atoms with Gasteiger partial charge < -0.3 is 19.5 Å².